The van der Waals surface area contributed by atoms with Crippen molar-refractivity contribution in [2.75, 3.05) is 13.1 Å². The third-order valence-electron chi connectivity index (χ3n) is 3.20. The highest BCUT2D eigenvalue weighted by Crippen LogP contribution is 2.22. The van der Waals surface area contributed by atoms with E-state index in [1.165, 1.54) is 11.3 Å². The van der Waals surface area contributed by atoms with E-state index in [4.69, 9.17) is 17.3 Å². The summed E-state index contributed by atoms with van der Waals surface area (Å²) in [7, 11) is 0. The average Bonchev–Trinajstić information content (AvgIpc) is 2.67. The molecule has 0 radical (unpaired) electrons. The Morgan fingerprint density at radius 2 is 2.38 bits per heavy atom. The highest BCUT2D eigenvalue weighted by atomic mass is 35.5. The van der Waals surface area contributed by atoms with Gasteiger partial charge in [0.25, 0.3) is 0 Å². The van der Waals surface area contributed by atoms with Crippen LogP contribution in [0, 0.1) is 5.92 Å². The molecule has 2 rings (SSSR count). The number of halogens is 1. The van der Waals surface area contributed by atoms with Crippen molar-refractivity contribution >= 4 is 22.9 Å². The molecule has 0 amide bonds. The number of nitrogens with two attached hydrogens (primary N) is 1. The Bertz CT molecular complexity index is 343. The van der Waals surface area contributed by atoms with Crippen molar-refractivity contribution in [1.82, 2.24) is 15.1 Å². The molecule has 1 aromatic heterocycles. The minimum absolute atomic E-state index is 0.360. The molecule has 0 saturated carbocycles. The summed E-state index contributed by atoms with van der Waals surface area (Å²) in [6.45, 7) is 5.17. The van der Waals surface area contributed by atoms with E-state index in [0.29, 0.717) is 16.4 Å². The number of hydrogen-bond acceptors (Lipinski definition) is 5. The maximum Gasteiger partial charge on any atom is 0.207 e. The number of piperidine rings is 1. The molecule has 2 N–H and O–H groups in total. The highest BCUT2D eigenvalue weighted by Gasteiger charge is 2.25. The molecule has 2 atom stereocenters. The number of aromatic nitrogens is 2. The van der Waals surface area contributed by atoms with Crippen LogP contribution < -0.4 is 5.73 Å². The summed E-state index contributed by atoms with van der Waals surface area (Å²) < 4.78 is 0.524. The lowest BCUT2D eigenvalue weighted by atomic mass is 9.91. The van der Waals surface area contributed by atoms with E-state index in [1.54, 1.807) is 0 Å². The van der Waals surface area contributed by atoms with Crippen LogP contribution in [0.25, 0.3) is 0 Å². The predicted octanol–water partition coefficient (Wildman–Crippen LogP) is 1.75. The van der Waals surface area contributed by atoms with Gasteiger partial charge in [-0.3, -0.25) is 4.90 Å². The van der Waals surface area contributed by atoms with E-state index in [1.807, 2.05) is 0 Å². The molecule has 6 heteroatoms. The topological polar surface area (TPSA) is 55.0 Å². The molecule has 2 heterocycles. The second kappa shape index (κ2) is 5.40. The lowest BCUT2D eigenvalue weighted by Crippen LogP contribution is -2.46. The smallest absolute Gasteiger partial charge is 0.207 e. The zero-order chi connectivity index (χ0) is 11.5. The van der Waals surface area contributed by atoms with E-state index in [2.05, 4.69) is 22.0 Å². The Labute approximate surface area is 105 Å². The van der Waals surface area contributed by atoms with Crippen LogP contribution in [0.3, 0.4) is 0 Å². The maximum atomic E-state index is 6.08. The predicted molar refractivity (Wildman–Crippen MR) is 66.6 cm³/mol. The summed E-state index contributed by atoms with van der Waals surface area (Å²) in [5, 5.41) is 8.86. The maximum absolute atomic E-state index is 6.08. The summed E-state index contributed by atoms with van der Waals surface area (Å²) in [6, 6.07) is 0.360. The molecular weight excluding hydrogens is 244 g/mol. The van der Waals surface area contributed by atoms with Crippen LogP contribution in [-0.4, -0.2) is 34.2 Å². The second-order valence-electron chi connectivity index (χ2n) is 4.30. The summed E-state index contributed by atoms with van der Waals surface area (Å²) in [5.41, 5.74) is 6.08. The van der Waals surface area contributed by atoms with Crippen molar-refractivity contribution in [3.8, 4) is 0 Å². The van der Waals surface area contributed by atoms with Crippen molar-refractivity contribution in [3.63, 3.8) is 0 Å². The molecule has 0 spiro atoms. The Morgan fingerprint density at radius 3 is 3.00 bits per heavy atom. The third-order valence-corrected chi connectivity index (χ3v) is 4.21. The van der Waals surface area contributed by atoms with Crippen LogP contribution in [0.1, 0.15) is 24.8 Å². The normalized spacial score (nSPS) is 27.2. The molecule has 1 aromatic rings. The first-order valence-electron chi connectivity index (χ1n) is 5.65. The van der Waals surface area contributed by atoms with E-state index >= 15 is 0 Å². The van der Waals surface area contributed by atoms with Crippen LogP contribution in [-0.2, 0) is 6.54 Å². The fourth-order valence-electron chi connectivity index (χ4n) is 2.19. The number of likely N-dealkylation sites (tertiary alicyclic amines) is 1. The Balaban J connectivity index is 1.91. The second-order valence-corrected chi connectivity index (χ2v) is 5.95. The summed E-state index contributed by atoms with van der Waals surface area (Å²) in [4.78, 5) is 2.40. The first kappa shape index (κ1) is 12.2. The van der Waals surface area contributed by atoms with Gasteiger partial charge < -0.3 is 5.73 Å². The molecule has 90 valence electrons. The Hall–Kier alpha value is -0.230. The van der Waals surface area contributed by atoms with Gasteiger partial charge in [-0.05, 0) is 23.9 Å². The van der Waals surface area contributed by atoms with Gasteiger partial charge in [-0.25, -0.2) is 0 Å². The fraction of sp³-hybridized carbons (Fsp3) is 0.800. The lowest BCUT2D eigenvalue weighted by molar-refractivity contribution is 0.145. The Kier molecular flexibility index (Phi) is 4.13. The van der Waals surface area contributed by atoms with Gasteiger partial charge in [0.1, 0.15) is 5.01 Å². The standard InChI is InChI=1S/C10H17ClN4S/c1-2-7-5-15(4-3-8(7)12)6-9-13-14-10(11)16-9/h7-8H,2-6,12H2,1H3. The highest BCUT2D eigenvalue weighted by molar-refractivity contribution is 7.15. The molecule has 1 saturated heterocycles. The average molecular weight is 261 g/mol. The van der Waals surface area contributed by atoms with Gasteiger partial charge in [-0.1, -0.05) is 24.7 Å². The molecule has 1 aliphatic heterocycles. The quantitative estimate of drug-likeness (QED) is 0.900. The molecule has 0 bridgehead atoms. The van der Waals surface area contributed by atoms with Gasteiger partial charge >= 0.3 is 0 Å². The minimum Gasteiger partial charge on any atom is -0.327 e. The lowest BCUT2D eigenvalue weighted by Gasteiger charge is -2.35. The van der Waals surface area contributed by atoms with Crippen LogP contribution in [0.15, 0.2) is 0 Å². The van der Waals surface area contributed by atoms with E-state index in [0.717, 1.165) is 37.5 Å². The summed E-state index contributed by atoms with van der Waals surface area (Å²) >= 11 is 7.22. The van der Waals surface area contributed by atoms with Gasteiger partial charge in [0.05, 0.1) is 6.54 Å². The van der Waals surface area contributed by atoms with Crippen molar-refractivity contribution < 1.29 is 0 Å². The monoisotopic (exact) mass is 260 g/mol. The fourth-order valence-corrected chi connectivity index (χ4v) is 3.10. The van der Waals surface area contributed by atoms with Crippen LogP contribution >= 0.6 is 22.9 Å². The number of nitrogens with zero attached hydrogens (tertiary/aromatic N) is 3. The molecule has 2 unspecified atom stereocenters. The minimum atomic E-state index is 0.360. The largest absolute Gasteiger partial charge is 0.327 e. The van der Waals surface area contributed by atoms with E-state index in [-0.39, 0.29) is 0 Å². The summed E-state index contributed by atoms with van der Waals surface area (Å²) in [6.07, 6.45) is 2.22. The molecule has 1 fully saturated rings. The zero-order valence-corrected chi connectivity index (χ0v) is 11.0. The van der Waals surface area contributed by atoms with Gasteiger partial charge in [0.2, 0.25) is 4.47 Å². The first-order chi connectivity index (χ1) is 7.69. The molecule has 16 heavy (non-hydrogen) atoms. The summed E-state index contributed by atoms with van der Waals surface area (Å²) in [5.74, 6) is 0.608. The molecule has 0 aliphatic carbocycles. The number of rotatable bonds is 3. The van der Waals surface area contributed by atoms with Crippen molar-refractivity contribution in [1.29, 1.82) is 0 Å². The van der Waals surface area contributed by atoms with Crippen LogP contribution in [0.4, 0.5) is 0 Å². The van der Waals surface area contributed by atoms with E-state index < -0.39 is 0 Å². The Morgan fingerprint density at radius 1 is 1.56 bits per heavy atom. The van der Waals surface area contributed by atoms with Gasteiger partial charge in [0.15, 0.2) is 0 Å². The zero-order valence-electron chi connectivity index (χ0n) is 9.40. The van der Waals surface area contributed by atoms with Crippen LogP contribution in [0.2, 0.25) is 4.47 Å². The SMILES string of the molecule is CCC1CN(Cc2nnc(Cl)s2)CCC1N. The van der Waals surface area contributed by atoms with Gasteiger partial charge in [-0.15, -0.1) is 10.2 Å². The molecule has 0 aromatic carbocycles. The molecule has 1 aliphatic rings. The van der Waals surface area contributed by atoms with Gasteiger partial charge in [-0.2, -0.15) is 0 Å². The van der Waals surface area contributed by atoms with Crippen molar-refractivity contribution in [3.05, 3.63) is 9.47 Å². The molecular formula is C10H17ClN4S. The van der Waals surface area contributed by atoms with E-state index in [9.17, 15) is 0 Å². The number of hydrogen-bond donors (Lipinski definition) is 1. The first-order valence-corrected chi connectivity index (χ1v) is 6.84. The van der Waals surface area contributed by atoms with Crippen LogP contribution in [0.5, 0.6) is 0 Å². The third kappa shape index (κ3) is 2.91. The van der Waals surface area contributed by atoms with Crippen molar-refractivity contribution in [2.24, 2.45) is 11.7 Å². The van der Waals surface area contributed by atoms with Gasteiger partial charge in [0, 0.05) is 19.1 Å². The molecule has 4 nitrogen and oxygen atoms in total. The van der Waals surface area contributed by atoms with Crippen molar-refractivity contribution in [2.45, 2.75) is 32.4 Å².